The van der Waals surface area contributed by atoms with Gasteiger partial charge in [0.1, 0.15) is 12.4 Å². The van der Waals surface area contributed by atoms with Crippen molar-refractivity contribution in [3.8, 4) is 5.75 Å². The number of hydrazone groups is 1. The van der Waals surface area contributed by atoms with Crippen LogP contribution in [0, 0.1) is 6.92 Å². The fraction of sp³-hybridized carbons (Fsp3) is 0.130. The quantitative estimate of drug-likeness (QED) is 0.489. The van der Waals surface area contributed by atoms with Crippen molar-refractivity contribution >= 4 is 12.1 Å². The lowest BCUT2D eigenvalue weighted by Crippen LogP contribution is -2.25. The fourth-order valence-electron chi connectivity index (χ4n) is 2.52. The van der Waals surface area contributed by atoms with Gasteiger partial charge in [-0.05, 0) is 47.9 Å². The number of aryl methyl sites for hydroxylation is 1. The van der Waals surface area contributed by atoms with E-state index in [1.54, 1.807) is 24.3 Å². The second-order valence-corrected chi connectivity index (χ2v) is 6.39. The number of nitrogens with one attached hydrogen (secondary N) is 1. The highest BCUT2D eigenvalue weighted by atomic mass is 16.5. The molecule has 0 aliphatic carbocycles. The molecule has 142 valence electrons. The number of amides is 1. The van der Waals surface area contributed by atoms with Gasteiger partial charge in [-0.3, -0.25) is 4.79 Å². The van der Waals surface area contributed by atoms with Crippen LogP contribution in [0.3, 0.4) is 0 Å². The highest BCUT2D eigenvalue weighted by Gasteiger charge is 2.15. The van der Waals surface area contributed by atoms with Crippen molar-refractivity contribution in [3.63, 3.8) is 0 Å². The molecule has 0 aliphatic heterocycles. The van der Waals surface area contributed by atoms with E-state index in [0.29, 0.717) is 12.2 Å². The third-order valence-electron chi connectivity index (χ3n) is 4.16. The van der Waals surface area contributed by atoms with Crippen molar-refractivity contribution in [3.05, 3.63) is 101 Å². The molecule has 0 radical (unpaired) electrons. The summed E-state index contributed by atoms with van der Waals surface area (Å²) in [6.45, 7) is 2.55. The van der Waals surface area contributed by atoms with Gasteiger partial charge in [0, 0.05) is 0 Å². The summed E-state index contributed by atoms with van der Waals surface area (Å²) < 4.78 is 5.76. The molecule has 0 fully saturated rings. The van der Waals surface area contributed by atoms with Gasteiger partial charge >= 0.3 is 0 Å². The Morgan fingerprint density at radius 2 is 1.71 bits per heavy atom. The number of carbonyl (C=O) groups is 1. The molecule has 0 saturated carbocycles. The normalized spacial score (nSPS) is 11.9. The zero-order chi connectivity index (χ0) is 19.8. The van der Waals surface area contributed by atoms with Gasteiger partial charge in [-0.2, -0.15) is 5.10 Å². The Bertz CT molecular complexity index is 920. The van der Waals surface area contributed by atoms with Crippen LogP contribution in [0.2, 0.25) is 0 Å². The molecule has 3 rings (SSSR count). The summed E-state index contributed by atoms with van der Waals surface area (Å²) in [6.07, 6.45) is 0.259. The highest BCUT2D eigenvalue weighted by Crippen LogP contribution is 2.14. The molecule has 0 spiro atoms. The lowest BCUT2D eigenvalue weighted by Gasteiger charge is -2.08. The number of hydrogen-bond acceptors (Lipinski definition) is 4. The van der Waals surface area contributed by atoms with Gasteiger partial charge in [0.25, 0.3) is 5.91 Å². The summed E-state index contributed by atoms with van der Waals surface area (Å²) in [5.41, 5.74) is 5.99. The Balaban J connectivity index is 1.49. The molecule has 3 aromatic rings. The summed E-state index contributed by atoms with van der Waals surface area (Å²) in [7, 11) is 0. The van der Waals surface area contributed by atoms with Gasteiger partial charge in [-0.15, -0.1) is 0 Å². The molecule has 0 aromatic heterocycles. The van der Waals surface area contributed by atoms with Crippen LogP contribution in [-0.2, 0) is 11.4 Å². The topological polar surface area (TPSA) is 70.9 Å². The average molecular weight is 374 g/mol. The number of aliphatic hydroxyl groups is 1. The van der Waals surface area contributed by atoms with E-state index in [-0.39, 0.29) is 0 Å². The van der Waals surface area contributed by atoms with E-state index < -0.39 is 12.0 Å². The van der Waals surface area contributed by atoms with E-state index in [1.807, 2.05) is 42.5 Å². The Kier molecular flexibility index (Phi) is 6.54. The summed E-state index contributed by atoms with van der Waals surface area (Å²) in [5.74, 6) is 0.168. The van der Waals surface area contributed by atoms with Crippen LogP contribution in [-0.4, -0.2) is 17.2 Å². The van der Waals surface area contributed by atoms with Crippen LogP contribution in [0.4, 0.5) is 0 Å². The maximum absolute atomic E-state index is 11.9. The molecule has 5 heteroatoms. The van der Waals surface area contributed by atoms with Crippen LogP contribution >= 0.6 is 0 Å². The molecule has 1 atom stereocenters. The van der Waals surface area contributed by atoms with Crippen molar-refractivity contribution in [2.45, 2.75) is 19.6 Å². The lowest BCUT2D eigenvalue weighted by molar-refractivity contribution is -0.129. The number of rotatable bonds is 7. The number of ether oxygens (including phenoxy) is 1. The van der Waals surface area contributed by atoms with Crippen molar-refractivity contribution in [2.24, 2.45) is 5.10 Å². The van der Waals surface area contributed by atoms with Gasteiger partial charge < -0.3 is 9.84 Å². The molecule has 1 amide bonds. The van der Waals surface area contributed by atoms with E-state index in [2.05, 4.69) is 29.6 Å². The van der Waals surface area contributed by atoms with E-state index >= 15 is 0 Å². The number of nitrogens with zero attached hydrogens (tertiary/aromatic N) is 1. The fourth-order valence-corrected chi connectivity index (χ4v) is 2.52. The average Bonchev–Trinajstić information content (AvgIpc) is 2.74. The maximum Gasteiger partial charge on any atom is 0.273 e. The third-order valence-corrected chi connectivity index (χ3v) is 4.16. The summed E-state index contributed by atoms with van der Waals surface area (Å²) in [5, 5.41) is 13.9. The number of carbonyl (C=O) groups excluding carboxylic acids is 1. The minimum absolute atomic E-state index is 0.501. The second-order valence-electron chi connectivity index (χ2n) is 6.39. The van der Waals surface area contributed by atoms with Crippen LogP contribution < -0.4 is 10.2 Å². The first-order chi connectivity index (χ1) is 13.6. The van der Waals surface area contributed by atoms with E-state index in [4.69, 9.17) is 4.74 Å². The Labute approximate surface area is 164 Å². The SMILES string of the molecule is Cc1ccc(COc2ccc(/C=N\NC(=O)[C@H](O)c3ccccc3)cc2)cc1. The summed E-state index contributed by atoms with van der Waals surface area (Å²) in [4.78, 5) is 11.9. The van der Waals surface area contributed by atoms with Crippen LogP contribution in [0.1, 0.15) is 28.4 Å². The summed E-state index contributed by atoms with van der Waals surface area (Å²) in [6, 6.07) is 24.3. The Hall–Kier alpha value is -3.44. The minimum Gasteiger partial charge on any atom is -0.489 e. The van der Waals surface area contributed by atoms with E-state index in [0.717, 1.165) is 16.9 Å². The molecule has 0 bridgehead atoms. The number of benzene rings is 3. The predicted octanol–water partition coefficient (Wildman–Crippen LogP) is 3.76. The zero-order valence-corrected chi connectivity index (χ0v) is 15.6. The molecule has 0 heterocycles. The number of hydrogen-bond donors (Lipinski definition) is 2. The van der Waals surface area contributed by atoms with Crippen LogP contribution in [0.5, 0.6) is 5.75 Å². The van der Waals surface area contributed by atoms with E-state index in [9.17, 15) is 9.90 Å². The van der Waals surface area contributed by atoms with E-state index in [1.165, 1.54) is 11.8 Å². The lowest BCUT2D eigenvalue weighted by atomic mass is 10.1. The third kappa shape index (κ3) is 5.53. The van der Waals surface area contributed by atoms with Gasteiger partial charge in [0.15, 0.2) is 6.10 Å². The molecule has 2 N–H and O–H groups in total. The molecule has 28 heavy (non-hydrogen) atoms. The Morgan fingerprint density at radius 3 is 2.39 bits per heavy atom. The standard InChI is InChI=1S/C23H22N2O3/c1-17-7-9-19(10-8-17)16-28-21-13-11-18(12-14-21)15-24-25-23(27)22(26)20-5-3-2-4-6-20/h2-15,22,26H,16H2,1H3,(H,25,27)/b24-15-/t22-/m1/s1. The van der Waals surface area contributed by atoms with Crippen molar-refractivity contribution in [1.82, 2.24) is 5.43 Å². The first-order valence-electron chi connectivity index (χ1n) is 8.96. The maximum atomic E-state index is 11.9. The van der Waals surface area contributed by atoms with Gasteiger partial charge in [0.2, 0.25) is 0 Å². The molecule has 0 saturated heterocycles. The smallest absolute Gasteiger partial charge is 0.273 e. The summed E-state index contributed by atoms with van der Waals surface area (Å²) >= 11 is 0. The Morgan fingerprint density at radius 1 is 1.04 bits per heavy atom. The van der Waals surface area contributed by atoms with Crippen molar-refractivity contribution in [1.29, 1.82) is 0 Å². The predicted molar refractivity (Wildman–Crippen MR) is 109 cm³/mol. The van der Waals surface area contributed by atoms with Gasteiger partial charge in [0.05, 0.1) is 6.21 Å². The molecule has 3 aromatic carbocycles. The molecular weight excluding hydrogens is 352 g/mol. The zero-order valence-electron chi connectivity index (χ0n) is 15.6. The second kappa shape index (κ2) is 9.48. The van der Waals surface area contributed by atoms with Gasteiger partial charge in [-0.25, -0.2) is 5.43 Å². The van der Waals surface area contributed by atoms with Crippen LogP contribution in [0.15, 0.2) is 84.0 Å². The number of aliphatic hydroxyl groups excluding tert-OH is 1. The molecule has 0 aliphatic rings. The first-order valence-corrected chi connectivity index (χ1v) is 8.96. The molecular formula is C23H22N2O3. The minimum atomic E-state index is -1.25. The van der Waals surface area contributed by atoms with Gasteiger partial charge in [-0.1, -0.05) is 60.2 Å². The first kappa shape index (κ1) is 19.3. The monoisotopic (exact) mass is 374 g/mol. The highest BCUT2D eigenvalue weighted by molar-refractivity contribution is 5.85. The molecule has 0 unspecified atom stereocenters. The van der Waals surface area contributed by atoms with Crippen molar-refractivity contribution < 1.29 is 14.6 Å². The van der Waals surface area contributed by atoms with Crippen LogP contribution in [0.25, 0.3) is 0 Å². The molecule has 5 nitrogen and oxygen atoms in total. The largest absolute Gasteiger partial charge is 0.489 e. The van der Waals surface area contributed by atoms with Crippen molar-refractivity contribution in [2.75, 3.05) is 0 Å².